The number of hydrogen-bond acceptors (Lipinski definition) is 3. The first-order valence-corrected chi connectivity index (χ1v) is 7.57. The minimum atomic E-state index is 0.792. The van der Waals surface area contributed by atoms with E-state index in [1.54, 1.807) is 0 Å². The highest BCUT2D eigenvalue weighted by atomic mass is 32.2. The van der Waals surface area contributed by atoms with E-state index in [0.29, 0.717) is 0 Å². The number of piperazine rings is 1. The summed E-state index contributed by atoms with van der Waals surface area (Å²) in [5.74, 6) is 0. The summed E-state index contributed by atoms with van der Waals surface area (Å²) in [6.07, 6.45) is 6.54. The van der Waals surface area contributed by atoms with Crippen LogP contribution in [0.25, 0.3) is 0 Å². The minimum absolute atomic E-state index is 0.792. The van der Waals surface area contributed by atoms with Crippen LogP contribution in [-0.2, 0) is 0 Å². The number of nitrogens with zero attached hydrogens (tertiary/aromatic N) is 2. The summed E-state index contributed by atoms with van der Waals surface area (Å²) in [5, 5.41) is 0.792. The van der Waals surface area contributed by atoms with Gasteiger partial charge < -0.3 is 0 Å². The third kappa shape index (κ3) is 3.11. The predicted molar refractivity (Wildman–Crippen MR) is 68.6 cm³/mol. The van der Waals surface area contributed by atoms with E-state index in [0.717, 1.165) is 11.3 Å². The smallest absolute Gasteiger partial charge is 0.0223 e. The van der Waals surface area contributed by atoms with Crippen molar-refractivity contribution in [2.24, 2.45) is 0 Å². The fourth-order valence-corrected chi connectivity index (χ4v) is 3.18. The Hall–Kier alpha value is 0.270. The summed E-state index contributed by atoms with van der Waals surface area (Å²) >= 11 is 1.99. The van der Waals surface area contributed by atoms with Crippen molar-refractivity contribution in [3.8, 4) is 0 Å². The van der Waals surface area contributed by atoms with Crippen molar-refractivity contribution in [3.63, 3.8) is 0 Å². The molecular formula is C12H24N2S. The molecule has 0 N–H and O–H groups in total. The van der Waals surface area contributed by atoms with E-state index in [2.05, 4.69) is 23.0 Å². The molecule has 2 aliphatic rings. The number of rotatable bonds is 3. The van der Waals surface area contributed by atoms with Crippen molar-refractivity contribution in [2.45, 2.75) is 37.5 Å². The summed E-state index contributed by atoms with van der Waals surface area (Å²) < 4.78 is 0. The molecule has 2 atom stereocenters. The van der Waals surface area contributed by atoms with Crippen LogP contribution in [-0.4, -0.2) is 60.1 Å². The van der Waals surface area contributed by atoms with E-state index in [4.69, 9.17) is 0 Å². The Labute approximate surface area is 98.4 Å². The van der Waals surface area contributed by atoms with E-state index in [1.165, 1.54) is 52.0 Å². The molecule has 0 bridgehead atoms. The summed E-state index contributed by atoms with van der Waals surface area (Å²) in [7, 11) is 0. The van der Waals surface area contributed by atoms with Crippen LogP contribution in [0.1, 0.15) is 26.2 Å². The van der Waals surface area contributed by atoms with Gasteiger partial charge in [-0.25, -0.2) is 0 Å². The van der Waals surface area contributed by atoms with E-state index in [-0.39, 0.29) is 0 Å². The molecule has 2 fully saturated rings. The van der Waals surface area contributed by atoms with Crippen LogP contribution in [0.15, 0.2) is 0 Å². The Balaban J connectivity index is 1.80. The largest absolute Gasteiger partial charge is 0.299 e. The molecule has 2 heterocycles. The van der Waals surface area contributed by atoms with Crippen molar-refractivity contribution >= 4 is 11.8 Å². The number of fused-ring (bicyclic) bond motifs is 1. The number of thioether (sulfide) groups is 1. The maximum Gasteiger partial charge on any atom is 0.0223 e. The van der Waals surface area contributed by atoms with Gasteiger partial charge in [0.25, 0.3) is 0 Å². The second kappa shape index (κ2) is 5.55. The maximum atomic E-state index is 2.71. The molecule has 0 amide bonds. The molecule has 3 heteroatoms. The molecule has 2 aliphatic heterocycles. The van der Waals surface area contributed by atoms with E-state index in [9.17, 15) is 0 Å². The first-order chi connectivity index (χ1) is 7.29. The lowest BCUT2D eigenvalue weighted by Crippen LogP contribution is -2.55. The van der Waals surface area contributed by atoms with Gasteiger partial charge in [-0.05, 0) is 25.6 Å². The second-order valence-electron chi connectivity index (χ2n) is 4.99. The van der Waals surface area contributed by atoms with Crippen molar-refractivity contribution in [1.29, 1.82) is 0 Å². The van der Waals surface area contributed by atoms with E-state index >= 15 is 0 Å². The lowest BCUT2D eigenvalue weighted by atomic mass is 9.99. The zero-order valence-electron chi connectivity index (χ0n) is 10.1. The molecule has 0 aromatic heterocycles. The van der Waals surface area contributed by atoms with Gasteiger partial charge in [0, 0.05) is 37.5 Å². The van der Waals surface area contributed by atoms with Crippen LogP contribution >= 0.6 is 11.8 Å². The van der Waals surface area contributed by atoms with Gasteiger partial charge in [-0.3, -0.25) is 9.80 Å². The predicted octanol–water partition coefficient (Wildman–Crippen LogP) is 1.91. The molecule has 0 saturated carbocycles. The van der Waals surface area contributed by atoms with Crippen molar-refractivity contribution < 1.29 is 0 Å². The Morgan fingerprint density at radius 2 is 2.13 bits per heavy atom. The summed E-state index contributed by atoms with van der Waals surface area (Å²) in [5.41, 5.74) is 0. The highest BCUT2D eigenvalue weighted by molar-refractivity contribution is 7.99. The van der Waals surface area contributed by atoms with Crippen LogP contribution in [0.3, 0.4) is 0 Å². The van der Waals surface area contributed by atoms with Crippen LogP contribution in [0, 0.1) is 0 Å². The zero-order valence-corrected chi connectivity index (χ0v) is 10.9. The van der Waals surface area contributed by atoms with Gasteiger partial charge in [0.2, 0.25) is 0 Å². The van der Waals surface area contributed by atoms with Gasteiger partial charge in [-0.1, -0.05) is 13.3 Å². The number of piperidine rings is 1. The van der Waals surface area contributed by atoms with Crippen LogP contribution < -0.4 is 0 Å². The second-order valence-corrected chi connectivity index (χ2v) is 6.27. The highest BCUT2D eigenvalue weighted by Gasteiger charge is 2.28. The number of hydrogen-bond donors (Lipinski definition) is 0. The lowest BCUT2D eigenvalue weighted by molar-refractivity contribution is 0.0502. The normalized spacial score (nSPS) is 31.2. The molecule has 0 aromatic rings. The molecule has 2 rings (SSSR count). The standard InChI is InChI=1S/C12H24N2S/c1-11(15-2)9-13-7-8-14-6-4-3-5-12(14)10-13/h11-12H,3-10H2,1-2H3. The molecule has 0 radical (unpaired) electrons. The summed E-state index contributed by atoms with van der Waals surface area (Å²) in [4.78, 5) is 5.39. The zero-order chi connectivity index (χ0) is 10.7. The van der Waals surface area contributed by atoms with Gasteiger partial charge in [-0.2, -0.15) is 11.8 Å². The molecular weight excluding hydrogens is 204 g/mol. The van der Waals surface area contributed by atoms with E-state index in [1.807, 2.05) is 11.8 Å². The summed E-state index contributed by atoms with van der Waals surface area (Å²) in [6, 6.07) is 0.876. The Morgan fingerprint density at radius 1 is 1.27 bits per heavy atom. The Bertz CT molecular complexity index is 198. The molecule has 0 spiro atoms. The topological polar surface area (TPSA) is 6.48 Å². The molecule has 2 saturated heterocycles. The Kier molecular flexibility index (Phi) is 4.35. The van der Waals surface area contributed by atoms with Crippen molar-refractivity contribution in [2.75, 3.05) is 39.0 Å². The first kappa shape index (κ1) is 11.7. The lowest BCUT2D eigenvalue weighted by Gasteiger charge is -2.44. The fourth-order valence-electron chi connectivity index (χ4n) is 2.82. The van der Waals surface area contributed by atoms with Gasteiger partial charge >= 0.3 is 0 Å². The van der Waals surface area contributed by atoms with Gasteiger partial charge in [0.15, 0.2) is 0 Å². The van der Waals surface area contributed by atoms with Crippen molar-refractivity contribution in [3.05, 3.63) is 0 Å². The maximum absolute atomic E-state index is 2.71. The fraction of sp³-hybridized carbons (Fsp3) is 1.00. The molecule has 88 valence electrons. The third-order valence-electron chi connectivity index (χ3n) is 3.84. The molecule has 0 aromatic carbocycles. The summed E-state index contributed by atoms with van der Waals surface area (Å²) in [6.45, 7) is 8.91. The van der Waals surface area contributed by atoms with Crippen LogP contribution in [0.4, 0.5) is 0 Å². The van der Waals surface area contributed by atoms with Crippen LogP contribution in [0.5, 0.6) is 0 Å². The van der Waals surface area contributed by atoms with Crippen molar-refractivity contribution in [1.82, 2.24) is 9.80 Å². The average Bonchev–Trinajstić information content (AvgIpc) is 2.29. The molecule has 2 unspecified atom stereocenters. The van der Waals surface area contributed by atoms with Gasteiger partial charge in [0.1, 0.15) is 0 Å². The average molecular weight is 228 g/mol. The minimum Gasteiger partial charge on any atom is -0.299 e. The van der Waals surface area contributed by atoms with E-state index < -0.39 is 0 Å². The van der Waals surface area contributed by atoms with Crippen LogP contribution in [0.2, 0.25) is 0 Å². The molecule has 2 nitrogen and oxygen atoms in total. The highest BCUT2D eigenvalue weighted by Crippen LogP contribution is 2.21. The first-order valence-electron chi connectivity index (χ1n) is 6.29. The monoisotopic (exact) mass is 228 g/mol. The quantitative estimate of drug-likeness (QED) is 0.728. The Morgan fingerprint density at radius 3 is 2.93 bits per heavy atom. The van der Waals surface area contributed by atoms with Gasteiger partial charge in [0.05, 0.1) is 0 Å². The third-order valence-corrected chi connectivity index (χ3v) is 4.79. The SMILES string of the molecule is CSC(C)CN1CCN2CCCCC2C1. The molecule has 0 aliphatic carbocycles. The molecule has 15 heavy (non-hydrogen) atoms. The van der Waals surface area contributed by atoms with Gasteiger partial charge in [-0.15, -0.1) is 0 Å².